The number of ether oxygens (including phenoxy) is 1. The van der Waals surface area contributed by atoms with E-state index in [1.807, 2.05) is 12.1 Å². The number of nitrogens with one attached hydrogen (secondary N) is 2. The minimum atomic E-state index is -0.0543. The average Bonchev–Trinajstić information content (AvgIpc) is 3.14. The van der Waals surface area contributed by atoms with Gasteiger partial charge in [0.25, 0.3) is 5.56 Å². The van der Waals surface area contributed by atoms with E-state index in [1.54, 1.807) is 0 Å². The van der Waals surface area contributed by atoms with E-state index in [9.17, 15) is 4.79 Å². The highest BCUT2D eigenvalue weighted by Gasteiger charge is 2.22. The molecule has 0 radical (unpaired) electrons. The molecule has 2 N–H and O–H groups in total. The van der Waals surface area contributed by atoms with E-state index in [4.69, 9.17) is 17.0 Å². The Morgan fingerprint density at radius 3 is 2.81 bits per heavy atom. The van der Waals surface area contributed by atoms with Crippen molar-refractivity contribution in [3.8, 4) is 0 Å². The Labute approximate surface area is 166 Å². The standard InChI is InChI=1S/C21H29N3O2S/c1-4-7-22-21(27)24(13-18-6-5-8-26-18)12-17-11-16-9-14(2)15(3)10-19(16)23-20(17)25/h9-11,18H,4-8,12-13H2,1-3H3,(H,22,27)(H,23,25). The van der Waals surface area contributed by atoms with E-state index in [-0.39, 0.29) is 11.7 Å². The molecule has 3 rings (SSSR count). The molecule has 0 bridgehead atoms. The van der Waals surface area contributed by atoms with Gasteiger partial charge in [-0.25, -0.2) is 0 Å². The van der Waals surface area contributed by atoms with Crippen molar-refractivity contribution in [1.82, 2.24) is 15.2 Å². The summed E-state index contributed by atoms with van der Waals surface area (Å²) in [5, 5.41) is 5.03. The third-order valence-electron chi connectivity index (χ3n) is 5.16. The average molecular weight is 388 g/mol. The number of aryl methyl sites for hydroxylation is 2. The van der Waals surface area contributed by atoms with E-state index >= 15 is 0 Å². The van der Waals surface area contributed by atoms with Crippen LogP contribution in [0.4, 0.5) is 0 Å². The highest BCUT2D eigenvalue weighted by molar-refractivity contribution is 7.80. The lowest BCUT2D eigenvalue weighted by Gasteiger charge is -2.28. The van der Waals surface area contributed by atoms with E-state index < -0.39 is 0 Å². The number of aromatic nitrogens is 1. The molecule has 0 spiro atoms. The van der Waals surface area contributed by atoms with Crippen LogP contribution >= 0.6 is 12.2 Å². The highest BCUT2D eigenvalue weighted by Crippen LogP contribution is 2.19. The molecule has 1 saturated heterocycles. The fourth-order valence-electron chi connectivity index (χ4n) is 3.44. The van der Waals surface area contributed by atoms with Crippen LogP contribution in [0.25, 0.3) is 10.9 Å². The normalized spacial score (nSPS) is 16.6. The van der Waals surface area contributed by atoms with Crippen LogP contribution in [0, 0.1) is 13.8 Å². The van der Waals surface area contributed by atoms with Crippen LogP contribution in [-0.4, -0.2) is 40.8 Å². The van der Waals surface area contributed by atoms with Crippen LogP contribution in [0.1, 0.15) is 42.9 Å². The van der Waals surface area contributed by atoms with Gasteiger partial charge in [0.15, 0.2) is 5.11 Å². The number of rotatable bonds is 6. The molecule has 1 aliphatic heterocycles. The van der Waals surface area contributed by atoms with Crippen LogP contribution in [0.3, 0.4) is 0 Å². The topological polar surface area (TPSA) is 57.4 Å². The molecular formula is C21H29N3O2S. The van der Waals surface area contributed by atoms with E-state index in [1.165, 1.54) is 11.1 Å². The number of pyridine rings is 1. The minimum Gasteiger partial charge on any atom is -0.376 e. The maximum Gasteiger partial charge on any atom is 0.253 e. The second-order valence-corrected chi connectivity index (χ2v) is 7.78. The summed E-state index contributed by atoms with van der Waals surface area (Å²) in [6.07, 6.45) is 3.31. The lowest BCUT2D eigenvalue weighted by atomic mass is 10.0. The van der Waals surface area contributed by atoms with Gasteiger partial charge in [-0.05, 0) is 80.0 Å². The maximum absolute atomic E-state index is 12.7. The van der Waals surface area contributed by atoms with Gasteiger partial charge in [-0.1, -0.05) is 6.92 Å². The lowest BCUT2D eigenvalue weighted by molar-refractivity contribution is 0.0897. The maximum atomic E-state index is 12.7. The van der Waals surface area contributed by atoms with Gasteiger partial charge >= 0.3 is 0 Å². The predicted octanol–water partition coefficient (Wildman–Crippen LogP) is 3.41. The van der Waals surface area contributed by atoms with Crippen molar-refractivity contribution in [1.29, 1.82) is 0 Å². The molecule has 0 saturated carbocycles. The van der Waals surface area contributed by atoms with Gasteiger partial charge in [0.2, 0.25) is 0 Å². The van der Waals surface area contributed by atoms with Crippen LogP contribution in [-0.2, 0) is 11.3 Å². The Hall–Kier alpha value is -1.92. The summed E-state index contributed by atoms with van der Waals surface area (Å²) < 4.78 is 5.79. The summed E-state index contributed by atoms with van der Waals surface area (Å²) in [5.41, 5.74) is 3.95. The van der Waals surface area contributed by atoms with E-state index in [0.717, 1.165) is 48.9 Å². The third kappa shape index (κ3) is 4.87. The summed E-state index contributed by atoms with van der Waals surface area (Å²) in [4.78, 5) is 17.8. The Balaban J connectivity index is 1.86. The molecule has 0 aliphatic carbocycles. The van der Waals surface area contributed by atoms with Gasteiger partial charge in [0.1, 0.15) is 0 Å². The summed E-state index contributed by atoms with van der Waals surface area (Å²) in [7, 11) is 0. The molecule has 27 heavy (non-hydrogen) atoms. The number of benzene rings is 1. The highest BCUT2D eigenvalue weighted by atomic mass is 32.1. The molecule has 6 heteroatoms. The van der Waals surface area contributed by atoms with Crippen molar-refractivity contribution in [3.63, 3.8) is 0 Å². The first-order valence-corrected chi connectivity index (χ1v) is 10.2. The van der Waals surface area contributed by atoms with Gasteiger partial charge in [0.05, 0.1) is 12.6 Å². The first-order valence-electron chi connectivity index (χ1n) is 9.75. The largest absolute Gasteiger partial charge is 0.376 e. The Morgan fingerprint density at radius 1 is 1.33 bits per heavy atom. The van der Waals surface area contributed by atoms with Crippen LogP contribution in [0.5, 0.6) is 0 Å². The monoisotopic (exact) mass is 387 g/mol. The van der Waals surface area contributed by atoms with Crippen LogP contribution < -0.4 is 10.9 Å². The molecular weight excluding hydrogens is 358 g/mol. The summed E-state index contributed by atoms with van der Waals surface area (Å²) in [5.74, 6) is 0. The first kappa shape index (κ1) is 19.8. The molecule has 2 aromatic rings. The number of thiocarbonyl (C=S) groups is 1. The van der Waals surface area contributed by atoms with Gasteiger partial charge < -0.3 is 19.9 Å². The summed E-state index contributed by atoms with van der Waals surface area (Å²) >= 11 is 5.60. The molecule has 1 aromatic heterocycles. The first-order chi connectivity index (χ1) is 13.0. The quantitative estimate of drug-likeness (QED) is 0.744. The zero-order valence-corrected chi connectivity index (χ0v) is 17.2. The SMILES string of the molecule is CCCNC(=S)N(Cc1cc2cc(C)c(C)cc2[nH]c1=O)CC1CCCO1. The summed E-state index contributed by atoms with van der Waals surface area (Å²) in [6.45, 7) is 9.08. The van der Waals surface area contributed by atoms with Gasteiger partial charge in [-0.15, -0.1) is 0 Å². The minimum absolute atomic E-state index is 0.0543. The van der Waals surface area contributed by atoms with Crippen molar-refractivity contribution in [2.45, 2.75) is 52.7 Å². The van der Waals surface area contributed by atoms with Gasteiger partial charge in [0, 0.05) is 30.8 Å². The predicted molar refractivity (Wildman–Crippen MR) is 114 cm³/mol. The summed E-state index contributed by atoms with van der Waals surface area (Å²) in [6, 6.07) is 6.15. The zero-order chi connectivity index (χ0) is 19.4. The molecule has 1 aliphatic rings. The molecule has 1 aromatic carbocycles. The fourth-order valence-corrected chi connectivity index (χ4v) is 3.68. The number of hydrogen-bond donors (Lipinski definition) is 2. The molecule has 1 atom stereocenters. The number of hydrogen-bond acceptors (Lipinski definition) is 3. The van der Waals surface area contributed by atoms with Crippen molar-refractivity contribution >= 4 is 28.2 Å². The smallest absolute Gasteiger partial charge is 0.253 e. The molecule has 0 amide bonds. The molecule has 1 unspecified atom stereocenters. The zero-order valence-electron chi connectivity index (χ0n) is 16.4. The second-order valence-electron chi connectivity index (χ2n) is 7.39. The van der Waals surface area contributed by atoms with Crippen molar-refractivity contribution < 1.29 is 4.74 Å². The Kier molecular flexibility index (Phi) is 6.50. The van der Waals surface area contributed by atoms with Crippen molar-refractivity contribution in [2.75, 3.05) is 19.7 Å². The van der Waals surface area contributed by atoms with Gasteiger partial charge in [-0.3, -0.25) is 4.79 Å². The van der Waals surface area contributed by atoms with Gasteiger partial charge in [-0.2, -0.15) is 0 Å². The molecule has 1 fully saturated rings. The number of aromatic amines is 1. The van der Waals surface area contributed by atoms with Crippen LogP contribution in [0.2, 0.25) is 0 Å². The lowest BCUT2D eigenvalue weighted by Crippen LogP contribution is -2.44. The van der Waals surface area contributed by atoms with Crippen molar-refractivity contribution in [3.05, 3.63) is 45.2 Å². The Bertz CT molecular complexity index is 872. The number of nitrogens with zero attached hydrogens (tertiary/aromatic N) is 1. The van der Waals surface area contributed by atoms with Crippen molar-refractivity contribution in [2.24, 2.45) is 0 Å². The second kappa shape index (κ2) is 8.85. The Morgan fingerprint density at radius 2 is 2.11 bits per heavy atom. The fraction of sp³-hybridized carbons (Fsp3) is 0.524. The number of H-pyrrole nitrogens is 1. The number of fused-ring (bicyclic) bond motifs is 1. The van der Waals surface area contributed by atoms with Crippen LogP contribution in [0.15, 0.2) is 23.0 Å². The molecule has 2 heterocycles. The van der Waals surface area contributed by atoms with E-state index in [0.29, 0.717) is 18.2 Å². The molecule has 146 valence electrons. The molecule has 5 nitrogen and oxygen atoms in total. The van der Waals surface area contributed by atoms with E-state index in [2.05, 4.69) is 42.0 Å². The third-order valence-corrected chi connectivity index (χ3v) is 5.56.